The van der Waals surface area contributed by atoms with Gasteiger partial charge in [0.1, 0.15) is 11.4 Å². The highest BCUT2D eigenvalue weighted by Gasteiger charge is 2.29. The third-order valence-electron chi connectivity index (χ3n) is 7.97. The van der Waals surface area contributed by atoms with Gasteiger partial charge in [0.05, 0.1) is 16.3 Å². The number of anilines is 1. The van der Waals surface area contributed by atoms with E-state index in [1.165, 1.54) is 3.97 Å². The highest BCUT2D eigenvalue weighted by Crippen LogP contribution is 2.37. The van der Waals surface area contributed by atoms with Gasteiger partial charge in [0.25, 0.3) is 10.0 Å². The van der Waals surface area contributed by atoms with E-state index < -0.39 is 15.6 Å². The minimum absolute atomic E-state index is 0.181. The number of piperazine rings is 1. The Labute approximate surface area is 269 Å². The molecule has 1 amide bonds. The number of ether oxygens (including phenoxy) is 1. The lowest BCUT2D eigenvalue weighted by Crippen LogP contribution is -2.50. The van der Waals surface area contributed by atoms with Crippen molar-refractivity contribution < 1.29 is 17.9 Å². The van der Waals surface area contributed by atoms with Crippen LogP contribution in [0.4, 0.5) is 10.6 Å². The van der Waals surface area contributed by atoms with Gasteiger partial charge >= 0.3 is 6.09 Å². The average Bonchev–Trinajstić information content (AvgIpc) is 3.32. The average molecular weight is 639 g/mol. The smallest absolute Gasteiger partial charge is 0.410 e. The zero-order valence-corrected chi connectivity index (χ0v) is 27.8. The molecule has 6 rings (SSSR count). The second-order valence-corrected chi connectivity index (χ2v) is 14.4. The maximum atomic E-state index is 14.3. The molecule has 238 valence electrons. The fourth-order valence-electron chi connectivity index (χ4n) is 5.85. The van der Waals surface area contributed by atoms with Crippen LogP contribution in [-0.2, 0) is 14.8 Å². The van der Waals surface area contributed by atoms with Crippen molar-refractivity contribution in [3.63, 3.8) is 0 Å². The Balaban J connectivity index is 1.36. The molecule has 1 fully saturated rings. The highest BCUT2D eigenvalue weighted by molar-refractivity contribution is 7.90. The van der Waals surface area contributed by atoms with E-state index in [0.717, 1.165) is 39.3 Å². The molecule has 46 heavy (non-hydrogen) atoms. The van der Waals surface area contributed by atoms with Crippen molar-refractivity contribution >= 4 is 33.0 Å². The van der Waals surface area contributed by atoms with Crippen LogP contribution in [0.15, 0.2) is 77.8 Å². The molecular formula is C35H38N6O4S. The summed E-state index contributed by atoms with van der Waals surface area (Å²) < 4.78 is 35.5. The van der Waals surface area contributed by atoms with Gasteiger partial charge in [0.2, 0.25) is 0 Å². The van der Waals surface area contributed by atoms with Gasteiger partial charge in [0.15, 0.2) is 5.65 Å². The van der Waals surface area contributed by atoms with E-state index in [2.05, 4.69) is 9.88 Å². The molecule has 0 N–H and O–H groups in total. The number of rotatable bonds is 5. The van der Waals surface area contributed by atoms with E-state index >= 15 is 0 Å². The topological polar surface area (TPSA) is 111 Å². The van der Waals surface area contributed by atoms with Crippen LogP contribution >= 0.6 is 0 Å². The fraction of sp³-hybridized carbons (Fsp3) is 0.314. The standard InChI is InChI=1S/C35H38N6O4S/c1-23-20-27(21-24(2)37-23)32-25(3)29-13-14-30(38-33(29)41(32)46(43,44)28-10-8-7-9-11-28)26-12-15-31(36-22-26)39-16-18-40(19-17-39)34(42)45-35(4,5)6/h7-15,20-22H,16-19H2,1-6H3. The number of aromatic nitrogens is 4. The quantitative estimate of drug-likeness (QED) is 0.218. The second-order valence-electron chi connectivity index (χ2n) is 12.6. The Kier molecular flexibility index (Phi) is 8.05. The summed E-state index contributed by atoms with van der Waals surface area (Å²) >= 11 is 0. The molecule has 0 radical (unpaired) electrons. The summed E-state index contributed by atoms with van der Waals surface area (Å²) in [5, 5.41) is 0.748. The summed E-state index contributed by atoms with van der Waals surface area (Å²) in [6.45, 7) is 13.7. The molecule has 11 heteroatoms. The predicted molar refractivity (Wildman–Crippen MR) is 179 cm³/mol. The second kappa shape index (κ2) is 11.9. The molecule has 5 aromatic rings. The highest BCUT2D eigenvalue weighted by atomic mass is 32.2. The normalized spacial score (nSPS) is 14.1. The molecule has 10 nitrogen and oxygen atoms in total. The monoisotopic (exact) mass is 638 g/mol. The van der Waals surface area contributed by atoms with Crippen LogP contribution in [0, 0.1) is 20.8 Å². The molecule has 0 bridgehead atoms. The molecule has 0 aliphatic carbocycles. The molecule has 0 saturated carbocycles. The van der Waals surface area contributed by atoms with Crippen LogP contribution in [0.5, 0.6) is 0 Å². The van der Waals surface area contributed by atoms with Crippen molar-refractivity contribution in [1.29, 1.82) is 0 Å². The summed E-state index contributed by atoms with van der Waals surface area (Å²) in [6, 6.07) is 19.9. The summed E-state index contributed by atoms with van der Waals surface area (Å²) in [5.74, 6) is 0.797. The first-order valence-electron chi connectivity index (χ1n) is 15.3. The van der Waals surface area contributed by atoms with E-state index in [1.54, 1.807) is 41.4 Å². The molecular weight excluding hydrogens is 600 g/mol. The van der Waals surface area contributed by atoms with E-state index in [9.17, 15) is 13.2 Å². The predicted octanol–water partition coefficient (Wildman–Crippen LogP) is 6.38. The van der Waals surface area contributed by atoms with E-state index in [-0.39, 0.29) is 11.0 Å². The SMILES string of the molecule is Cc1cc(-c2c(C)c3ccc(-c4ccc(N5CCN(C(=O)OC(C)(C)C)CC5)nc4)nc3n2S(=O)(=O)c2ccccc2)cc(C)n1. The van der Waals surface area contributed by atoms with Gasteiger partial charge in [-0.15, -0.1) is 0 Å². The number of benzene rings is 1. The van der Waals surface area contributed by atoms with Crippen LogP contribution in [0.3, 0.4) is 0 Å². The Morgan fingerprint density at radius 3 is 2.11 bits per heavy atom. The van der Waals surface area contributed by atoms with Crippen LogP contribution in [-0.4, -0.2) is 70.1 Å². The molecule has 1 aliphatic rings. The van der Waals surface area contributed by atoms with E-state index in [1.807, 2.05) is 77.9 Å². The van der Waals surface area contributed by atoms with Crippen molar-refractivity contribution in [2.75, 3.05) is 31.1 Å². The Bertz CT molecular complexity index is 2010. The number of hydrogen-bond acceptors (Lipinski definition) is 8. The van der Waals surface area contributed by atoms with Crippen LogP contribution in [0.1, 0.15) is 37.7 Å². The minimum atomic E-state index is -4.02. The third kappa shape index (κ3) is 6.06. The summed E-state index contributed by atoms with van der Waals surface area (Å²) in [4.78, 5) is 30.7. The first-order chi connectivity index (χ1) is 21.8. The molecule has 0 spiro atoms. The number of amides is 1. The van der Waals surface area contributed by atoms with Gasteiger partial charge < -0.3 is 14.5 Å². The fourth-order valence-corrected chi connectivity index (χ4v) is 7.41. The van der Waals surface area contributed by atoms with Gasteiger partial charge in [-0.25, -0.2) is 27.2 Å². The molecule has 1 aromatic carbocycles. The number of nitrogens with zero attached hydrogens (tertiary/aromatic N) is 6. The molecule has 1 aliphatic heterocycles. The van der Waals surface area contributed by atoms with Crippen LogP contribution in [0.25, 0.3) is 33.5 Å². The van der Waals surface area contributed by atoms with Crippen molar-refractivity contribution in [3.8, 4) is 22.5 Å². The number of carbonyl (C=O) groups is 1. The van der Waals surface area contributed by atoms with Crippen molar-refractivity contribution in [3.05, 3.63) is 89.9 Å². The summed E-state index contributed by atoms with van der Waals surface area (Å²) in [5.41, 5.74) is 4.93. The minimum Gasteiger partial charge on any atom is -0.444 e. The van der Waals surface area contributed by atoms with Gasteiger partial charge in [-0.05, 0) is 95.6 Å². The Morgan fingerprint density at radius 2 is 1.50 bits per heavy atom. The van der Waals surface area contributed by atoms with Gasteiger partial charge in [0, 0.05) is 60.3 Å². The van der Waals surface area contributed by atoms with Crippen molar-refractivity contribution in [2.24, 2.45) is 0 Å². The maximum Gasteiger partial charge on any atom is 0.410 e. The van der Waals surface area contributed by atoms with Crippen molar-refractivity contribution in [2.45, 2.75) is 52.0 Å². The van der Waals surface area contributed by atoms with Crippen LogP contribution < -0.4 is 4.90 Å². The number of aryl methyl sites for hydroxylation is 3. The Hall–Kier alpha value is -4.77. The number of fused-ring (bicyclic) bond motifs is 1. The van der Waals surface area contributed by atoms with E-state index in [4.69, 9.17) is 14.7 Å². The molecule has 5 heterocycles. The molecule has 1 saturated heterocycles. The first kappa shape index (κ1) is 31.2. The zero-order chi connectivity index (χ0) is 32.8. The van der Waals surface area contributed by atoms with E-state index in [0.29, 0.717) is 43.2 Å². The van der Waals surface area contributed by atoms with Crippen molar-refractivity contribution in [1.82, 2.24) is 23.8 Å². The number of pyridine rings is 3. The Morgan fingerprint density at radius 1 is 0.826 bits per heavy atom. The molecule has 0 unspecified atom stereocenters. The van der Waals surface area contributed by atoms with Gasteiger partial charge in [-0.3, -0.25) is 4.98 Å². The van der Waals surface area contributed by atoms with Gasteiger partial charge in [-0.1, -0.05) is 18.2 Å². The summed E-state index contributed by atoms with van der Waals surface area (Å²) in [6.07, 6.45) is 1.45. The molecule has 0 atom stereocenters. The number of hydrogen-bond donors (Lipinski definition) is 0. The zero-order valence-electron chi connectivity index (χ0n) is 27.0. The largest absolute Gasteiger partial charge is 0.444 e. The number of carbonyl (C=O) groups excluding carboxylic acids is 1. The van der Waals surface area contributed by atoms with Gasteiger partial charge in [-0.2, -0.15) is 0 Å². The lowest BCUT2D eigenvalue weighted by atomic mass is 10.1. The maximum absolute atomic E-state index is 14.3. The molecule has 4 aromatic heterocycles. The lowest BCUT2D eigenvalue weighted by molar-refractivity contribution is 0.0240. The van der Waals surface area contributed by atoms with Crippen LogP contribution in [0.2, 0.25) is 0 Å². The first-order valence-corrected chi connectivity index (χ1v) is 16.7. The summed E-state index contributed by atoms with van der Waals surface area (Å²) in [7, 11) is -4.02. The lowest BCUT2D eigenvalue weighted by Gasteiger charge is -2.36. The third-order valence-corrected chi connectivity index (χ3v) is 9.67.